The minimum atomic E-state index is -2.59. The zero-order valence-electron chi connectivity index (χ0n) is 18.6. The van der Waals surface area contributed by atoms with E-state index in [1.807, 2.05) is 0 Å². The summed E-state index contributed by atoms with van der Waals surface area (Å²) < 4.78 is 18.7. The zero-order chi connectivity index (χ0) is 19.6. The molecule has 0 spiro atoms. The molecule has 0 radical (unpaired) electrons. The molecule has 0 aliphatic heterocycles. The van der Waals surface area contributed by atoms with Crippen LogP contribution < -0.4 is 0 Å². The van der Waals surface area contributed by atoms with Gasteiger partial charge in [0.25, 0.3) is 0 Å². The Morgan fingerprint density at radius 2 is 1.54 bits per heavy atom. The van der Waals surface area contributed by atoms with E-state index in [9.17, 15) is 0 Å². The van der Waals surface area contributed by atoms with Crippen LogP contribution in [0.1, 0.15) is 66.7 Å². The summed E-state index contributed by atoms with van der Waals surface area (Å²) in [4.78, 5) is 2.70. The number of hydrogen-bond donors (Lipinski definition) is 0. The summed E-state index contributed by atoms with van der Waals surface area (Å²) in [5, 5.41) is 0. The summed E-state index contributed by atoms with van der Waals surface area (Å²) in [7, 11) is -3.20. The molecule has 6 heteroatoms. The number of rotatable bonds is 12. The van der Waals surface area contributed by atoms with Crippen molar-refractivity contribution in [2.24, 2.45) is 0 Å². The molecule has 0 aromatic heterocycles. The molecule has 0 aromatic rings. The molecule has 0 aromatic carbocycles. The third-order valence-corrected chi connectivity index (χ3v) is 9.61. The Morgan fingerprint density at radius 1 is 0.962 bits per heavy atom. The van der Waals surface area contributed by atoms with Gasteiger partial charge in [-0.3, -0.25) is 4.90 Å². The van der Waals surface area contributed by atoms with Crippen LogP contribution in [0.15, 0.2) is 0 Å². The van der Waals surface area contributed by atoms with Gasteiger partial charge in [-0.2, -0.15) is 0 Å². The molecule has 0 bridgehead atoms. The van der Waals surface area contributed by atoms with Crippen molar-refractivity contribution >= 4 is 17.6 Å². The van der Waals surface area contributed by atoms with Crippen LogP contribution in [0.4, 0.5) is 0 Å². The fourth-order valence-corrected chi connectivity index (χ4v) is 7.28. The topological polar surface area (TPSA) is 30.9 Å². The van der Waals surface area contributed by atoms with E-state index >= 15 is 0 Å². The van der Waals surface area contributed by atoms with Crippen molar-refractivity contribution in [2.75, 3.05) is 26.4 Å². The van der Waals surface area contributed by atoms with E-state index in [0.717, 1.165) is 19.2 Å². The van der Waals surface area contributed by atoms with Gasteiger partial charge in [0, 0.05) is 52.8 Å². The third-order valence-electron chi connectivity index (χ3n) is 5.28. The minimum Gasteiger partial charge on any atom is -0.374 e. The quantitative estimate of drug-likeness (QED) is 0.432. The van der Waals surface area contributed by atoms with Crippen LogP contribution in [-0.4, -0.2) is 60.4 Å². The van der Waals surface area contributed by atoms with Crippen molar-refractivity contribution < 1.29 is 13.3 Å². The van der Waals surface area contributed by atoms with Gasteiger partial charge in [0.2, 0.25) is 0 Å². The van der Waals surface area contributed by atoms with Gasteiger partial charge in [0.1, 0.15) is 0 Å². The van der Waals surface area contributed by atoms with Gasteiger partial charge in [-0.15, -0.1) is 0 Å². The molecule has 1 aliphatic rings. The summed E-state index contributed by atoms with van der Waals surface area (Å²) in [6.07, 6.45) is 6.79. The predicted molar refractivity (Wildman–Crippen MR) is 117 cm³/mol. The van der Waals surface area contributed by atoms with Crippen molar-refractivity contribution in [1.29, 1.82) is 0 Å². The van der Waals surface area contributed by atoms with Gasteiger partial charge in [-0.05, 0) is 53.5 Å². The Hall–Kier alpha value is 0.274. The molecule has 1 saturated carbocycles. The first-order chi connectivity index (χ1) is 12.2. The highest BCUT2D eigenvalue weighted by molar-refractivity contribution is 6.61. The highest BCUT2D eigenvalue weighted by atomic mass is 28.4. The van der Waals surface area contributed by atoms with E-state index in [1.165, 1.54) is 38.1 Å². The largest absolute Gasteiger partial charge is 0.502 e. The standard InChI is InChI=1S/C20H45NO3Si2/c1-8-22-26(23-9-2,24-16-17-25(6)7)18-15-21(20(3,4)5)19-13-11-10-12-14-19/h19,25H,8-18H2,1-7H3. The molecule has 0 saturated heterocycles. The van der Waals surface area contributed by atoms with Gasteiger partial charge < -0.3 is 13.3 Å². The van der Waals surface area contributed by atoms with Crippen LogP contribution in [0, 0.1) is 0 Å². The first-order valence-electron chi connectivity index (χ1n) is 10.9. The van der Waals surface area contributed by atoms with Gasteiger partial charge >= 0.3 is 8.80 Å². The summed E-state index contributed by atoms with van der Waals surface area (Å²) >= 11 is 0. The molecule has 1 fully saturated rings. The molecule has 1 aliphatic carbocycles. The van der Waals surface area contributed by atoms with Crippen LogP contribution in [0.3, 0.4) is 0 Å². The van der Waals surface area contributed by atoms with Crippen molar-refractivity contribution in [3.8, 4) is 0 Å². The minimum absolute atomic E-state index is 0.172. The summed E-state index contributed by atoms with van der Waals surface area (Å²) in [5.74, 6) is 0. The lowest BCUT2D eigenvalue weighted by molar-refractivity contribution is 0.0423. The summed E-state index contributed by atoms with van der Waals surface area (Å²) in [6.45, 7) is 19.1. The van der Waals surface area contributed by atoms with E-state index < -0.39 is 17.6 Å². The predicted octanol–water partition coefficient (Wildman–Crippen LogP) is 4.93. The highest BCUT2D eigenvalue weighted by Crippen LogP contribution is 2.30. The fraction of sp³-hybridized carbons (Fsp3) is 1.00. The fourth-order valence-electron chi connectivity index (χ4n) is 3.95. The SMILES string of the molecule is CCO[Si](CCN(C1CCCCC1)C(C)(C)C)(OCC)OCC[SiH](C)C. The first kappa shape index (κ1) is 24.3. The molecule has 4 nitrogen and oxygen atoms in total. The van der Waals surface area contributed by atoms with E-state index in [-0.39, 0.29) is 5.54 Å². The first-order valence-corrected chi connectivity index (χ1v) is 16.0. The van der Waals surface area contributed by atoms with Crippen LogP contribution in [0.2, 0.25) is 25.2 Å². The lowest BCUT2D eigenvalue weighted by Crippen LogP contribution is -2.54. The van der Waals surface area contributed by atoms with Gasteiger partial charge in [-0.25, -0.2) is 0 Å². The smallest absolute Gasteiger partial charge is 0.374 e. The molecule has 156 valence electrons. The maximum absolute atomic E-state index is 6.37. The van der Waals surface area contributed by atoms with Crippen LogP contribution in [0.25, 0.3) is 0 Å². The van der Waals surface area contributed by atoms with E-state index in [2.05, 4.69) is 52.6 Å². The zero-order valence-corrected chi connectivity index (χ0v) is 20.8. The molecule has 26 heavy (non-hydrogen) atoms. The number of hydrogen-bond acceptors (Lipinski definition) is 4. The van der Waals surface area contributed by atoms with Crippen molar-refractivity contribution in [3.63, 3.8) is 0 Å². The molecule has 0 unspecified atom stereocenters. The Kier molecular flexibility index (Phi) is 11.2. The van der Waals surface area contributed by atoms with Crippen molar-refractivity contribution in [1.82, 2.24) is 4.90 Å². The second-order valence-corrected chi connectivity index (χ2v) is 15.1. The maximum atomic E-state index is 6.37. The van der Waals surface area contributed by atoms with Crippen LogP contribution in [-0.2, 0) is 13.3 Å². The second kappa shape index (κ2) is 12.0. The van der Waals surface area contributed by atoms with Gasteiger partial charge in [0.15, 0.2) is 0 Å². The highest BCUT2D eigenvalue weighted by Gasteiger charge is 2.42. The normalized spacial score (nSPS) is 17.4. The molecule has 0 heterocycles. The summed E-state index contributed by atoms with van der Waals surface area (Å²) in [6, 6.07) is 2.80. The van der Waals surface area contributed by atoms with E-state index in [4.69, 9.17) is 13.3 Å². The monoisotopic (exact) mass is 403 g/mol. The Morgan fingerprint density at radius 3 is 2.00 bits per heavy atom. The van der Waals surface area contributed by atoms with Gasteiger partial charge in [0.05, 0.1) is 0 Å². The van der Waals surface area contributed by atoms with E-state index in [0.29, 0.717) is 19.3 Å². The molecule has 0 amide bonds. The van der Waals surface area contributed by atoms with Crippen molar-refractivity contribution in [3.05, 3.63) is 0 Å². The molecule has 0 N–H and O–H groups in total. The second-order valence-electron chi connectivity index (χ2n) is 8.99. The Balaban J connectivity index is 2.81. The molecule has 1 rings (SSSR count). The lowest BCUT2D eigenvalue weighted by atomic mass is 9.91. The molecular weight excluding hydrogens is 358 g/mol. The Bertz CT molecular complexity index is 363. The average molecular weight is 404 g/mol. The molecular formula is C20H45NO3Si2. The lowest BCUT2D eigenvalue weighted by Gasteiger charge is -2.44. The third kappa shape index (κ3) is 8.52. The van der Waals surface area contributed by atoms with Crippen LogP contribution >= 0.6 is 0 Å². The molecule has 0 atom stereocenters. The maximum Gasteiger partial charge on any atom is 0.502 e. The number of nitrogens with zero attached hydrogens (tertiary/aromatic N) is 1. The average Bonchev–Trinajstić information content (AvgIpc) is 2.55. The summed E-state index contributed by atoms with van der Waals surface area (Å²) in [5.41, 5.74) is 0.172. The Labute approximate surface area is 165 Å². The van der Waals surface area contributed by atoms with Crippen molar-refractivity contribution in [2.45, 2.75) is 103 Å². The van der Waals surface area contributed by atoms with E-state index in [1.54, 1.807) is 0 Å². The van der Waals surface area contributed by atoms with Gasteiger partial charge in [-0.1, -0.05) is 32.4 Å². The van der Waals surface area contributed by atoms with Crippen LogP contribution in [0.5, 0.6) is 0 Å².